The van der Waals surface area contributed by atoms with Gasteiger partial charge in [0, 0.05) is 35.7 Å². The lowest BCUT2D eigenvalue weighted by molar-refractivity contribution is -0.126. The fourth-order valence-electron chi connectivity index (χ4n) is 2.52. The van der Waals surface area contributed by atoms with Gasteiger partial charge in [-0.05, 0) is 31.5 Å². The minimum Gasteiger partial charge on any atom is -0.359 e. The van der Waals surface area contributed by atoms with Crippen LogP contribution in [0.4, 0.5) is 0 Å². The molecule has 1 aliphatic heterocycles. The molecule has 1 aliphatic rings. The van der Waals surface area contributed by atoms with Gasteiger partial charge in [0.05, 0.1) is 5.92 Å². The van der Waals surface area contributed by atoms with Crippen molar-refractivity contribution in [1.82, 2.24) is 10.2 Å². The number of nitrogens with zero attached hydrogens (tertiary/aromatic N) is 1. The highest BCUT2D eigenvalue weighted by Gasteiger charge is 2.25. The van der Waals surface area contributed by atoms with E-state index in [0.29, 0.717) is 16.6 Å². The van der Waals surface area contributed by atoms with Gasteiger partial charge in [0.1, 0.15) is 0 Å². The maximum Gasteiger partial charge on any atom is 0.224 e. The van der Waals surface area contributed by atoms with Gasteiger partial charge in [-0.1, -0.05) is 29.3 Å². The molecule has 3 nitrogen and oxygen atoms in total. The lowest BCUT2D eigenvalue weighted by atomic mass is 9.97. The summed E-state index contributed by atoms with van der Waals surface area (Å²) in [5.41, 5.74) is 0.948. The fourth-order valence-corrected chi connectivity index (χ4v) is 3.04. The number of piperidine rings is 1. The second-order valence-electron chi connectivity index (χ2n) is 4.89. The molecule has 0 spiro atoms. The summed E-state index contributed by atoms with van der Waals surface area (Å²) in [6.07, 6.45) is 1.98. The van der Waals surface area contributed by atoms with Crippen molar-refractivity contribution in [3.05, 3.63) is 33.8 Å². The van der Waals surface area contributed by atoms with Crippen molar-refractivity contribution >= 4 is 29.1 Å². The first-order valence-electron chi connectivity index (χ1n) is 6.48. The van der Waals surface area contributed by atoms with Gasteiger partial charge in [-0.3, -0.25) is 9.69 Å². The molecule has 0 radical (unpaired) electrons. The molecule has 1 fully saturated rings. The van der Waals surface area contributed by atoms with Gasteiger partial charge in [-0.2, -0.15) is 0 Å². The highest BCUT2D eigenvalue weighted by molar-refractivity contribution is 6.35. The number of carbonyl (C=O) groups is 1. The Morgan fingerprint density at radius 1 is 1.42 bits per heavy atom. The minimum absolute atomic E-state index is 0.0695. The zero-order chi connectivity index (χ0) is 13.8. The maximum atomic E-state index is 11.7. The SMILES string of the molecule is CNC(=O)[C@H]1CCCN(Cc2c(Cl)cccc2Cl)C1. The molecule has 0 aromatic heterocycles. The maximum absolute atomic E-state index is 11.7. The van der Waals surface area contributed by atoms with E-state index in [9.17, 15) is 4.79 Å². The molecule has 0 saturated carbocycles. The lowest BCUT2D eigenvalue weighted by Gasteiger charge is -2.32. The average molecular weight is 301 g/mol. The van der Waals surface area contributed by atoms with Crippen molar-refractivity contribution in [2.24, 2.45) is 5.92 Å². The van der Waals surface area contributed by atoms with E-state index in [2.05, 4.69) is 10.2 Å². The van der Waals surface area contributed by atoms with Crippen LogP contribution in [0.15, 0.2) is 18.2 Å². The summed E-state index contributed by atoms with van der Waals surface area (Å²) >= 11 is 12.4. The third-order valence-electron chi connectivity index (χ3n) is 3.57. The van der Waals surface area contributed by atoms with Crippen LogP contribution in [0, 0.1) is 5.92 Å². The number of rotatable bonds is 3. The zero-order valence-corrected chi connectivity index (χ0v) is 12.5. The summed E-state index contributed by atoms with van der Waals surface area (Å²) < 4.78 is 0. The molecular weight excluding hydrogens is 283 g/mol. The summed E-state index contributed by atoms with van der Waals surface area (Å²) in [6.45, 7) is 2.45. The summed E-state index contributed by atoms with van der Waals surface area (Å²) in [4.78, 5) is 14.0. The molecule has 104 valence electrons. The van der Waals surface area contributed by atoms with Gasteiger partial charge in [-0.25, -0.2) is 0 Å². The van der Waals surface area contributed by atoms with Crippen LogP contribution in [0.3, 0.4) is 0 Å². The Balaban J connectivity index is 2.05. The Hall–Kier alpha value is -0.770. The van der Waals surface area contributed by atoms with E-state index < -0.39 is 0 Å². The van der Waals surface area contributed by atoms with Crippen molar-refractivity contribution < 1.29 is 4.79 Å². The number of nitrogens with one attached hydrogen (secondary N) is 1. The molecule has 2 rings (SSSR count). The van der Waals surface area contributed by atoms with Crippen molar-refractivity contribution in [1.29, 1.82) is 0 Å². The van der Waals surface area contributed by atoms with Crippen molar-refractivity contribution in [2.75, 3.05) is 20.1 Å². The third kappa shape index (κ3) is 3.62. The molecule has 19 heavy (non-hydrogen) atoms. The van der Waals surface area contributed by atoms with E-state index in [4.69, 9.17) is 23.2 Å². The lowest BCUT2D eigenvalue weighted by Crippen LogP contribution is -2.41. The molecular formula is C14H18Cl2N2O. The van der Waals surface area contributed by atoms with Crippen LogP contribution in [0.2, 0.25) is 10.0 Å². The zero-order valence-electron chi connectivity index (χ0n) is 11.0. The summed E-state index contributed by atoms with van der Waals surface area (Å²) in [6, 6.07) is 5.55. The third-order valence-corrected chi connectivity index (χ3v) is 4.27. The topological polar surface area (TPSA) is 32.3 Å². The first-order chi connectivity index (χ1) is 9.11. The van der Waals surface area contributed by atoms with Crippen LogP contribution >= 0.6 is 23.2 Å². The van der Waals surface area contributed by atoms with E-state index in [1.807, 2.05) is 18.2 Å². The first-order valence-corrected chi connectivity index (χ1v) is 7.24. The van der Waals surface area contributed by atoms with Crippen molar-refractivity contribution in [2.45, 2.75) is 19.4 Å². The summed E-state index contributed by atoms with van der Waals surface area (Å²) in [7, 11) is 1.69. The molecule has 0 bridgehead atoms. The molecule has 5 heteroatoms. The molecule has 1 heterocycles. The molecule has 1 N–H and O–H groups in total. The standard InChI is InChI=1S/C14H18Cl2N2O/c1-17-14(19)10-4-3-7-18(8-10)9-11-12(15)5-2-6-13(11)16/h2,5-6,10H,3-4,7-9H2,1H3,(H,17,19)/t10-/m0/s1. The average Bonchev–Trinajstić information content (AvgIpc) is 2.42. The van der Waals surface area contributed by atoms with Crippen LogP contribution in [-0.2, 0) is 11.3 Å². The Kier molecular flexibility index (Phi) is 5.08. The molecule has 1 aromatic carbocycles. The van der Waals surface area contributed by atoms with Crippen molar-refractivity contribution in [3.63, 3.8) is 0 Å². The van der Waals surface area contributed by atoms with E-state index in [1.165, 1.54) is 0 Å². The molecule has 1 atom stereocenters. The van der Waals surface area contributed by atoms with Crippen molar-refractivity contribution in [3.8, 4) is 0 Å². The van der Waals surface area contributed by atoms with Crippen LogP contribution in [0.1, 0.15) is 18.4 Å². The summed E-state index contributed by atoms with van der Waals surface area (Å²) in [5, 5.41) is 4.10. The van der Waals surface area contributed by atoms with E-state index in [1.54, 1.807) is 7.05 Å². The number of halogens is 2. The minimum atomic E-state index is 0.0695. The summed E-state index contributed by atoms with van der Waals surface area (Å²) in [5.74, 6) is 0.190. The molecule has 1 aromatic rings. The van der Waals surface area contributed by atoms with Crippen LogP contribution in [0.25, 0.3) is 0 Å². The number of likely N-dealkylation sites (tertiary alicyclic amines) is 1. The second kappa shape index (κ2) is 6.60. The van der Waals surface area contributed by atoms with E-state index >= 15 is 0 Å². The number of hydrogen-bond acceptors (Lipinski definition) is 2. The van der Waals surface area contributed by atoms with E-state index in [0.717, 1.165) is 31.5 Å². The molecule has 1 saturated heterocycles. The molecule has 1 amide bonds. The number of hydrogen-bond donors (Lipinski definition) is 1. The fraction of sp³-hybridized carbons (Fsp3) is 0.500. The van der Waals surface area contributed by atoms with Gasteiger partial charge in [0.25, 0.3) is 0 Å². The smallest absolute Gasteiger partial charge is 0.224 e. The first kappa shape index (κ1) is 14.6. The van der Waals surface area contributed by atoms with Gasteiger partial charge in [-0.15, -0.1) is 0 Å². The van der Waals surface area contributed by atoms with Crippen LogP contribution in [0.5, 0.6) is 0 Å². The van der Waals surface area contributed by atoms with Crippen LogP contribution < -0.4 is 5.32 Å². The predicted molar refractivity (Wildman–Crippen MR) is 78.5 cm³/mol. The number of carbonyl (C=O) groups excluding carboxylic acids is 1. The predicted octanol–water partition coefficient (Wildman–Crippen LogP) is 2.95. The Bertz CT molecular complexity index is 445. The highest BCUT2D eigenvalue weighted by Crippen LogP contribution is 2.27. The Morgan fingerprint density at radius 2 is 2.11 bits per heavy atom. The second-order valence-corrected chi connectivity index (χ2v) is 5.70. The van der Waals surface area contributed by atoms with Crippen LogP contribution in [-0.4, -0.2) is 30.9 Å². The Labute approximate surface area is 123 Å². The van der Waals surface area contributed by atoms with Gasteiger partial charge < -0.3 is 5.32 Å². The van der Waals surface area contributed by atoms with E-state index in [-0.39, 0.29) is 11.8 Å². The normalized spacial score (nSPS) is 20.3. The van der Waals surface area contributed by atoms with Gasteiger partial charge >= 0.3 is 0 Å². The monoisotopic (exact) mass is 300 g/mol. The molecule has 0 unspecified atom stereocenters. The number of amides is 1. The van der Waals surface area contributed by atoms with Gasteiger partial charge in [0.15, 0.2) is 0 Å². The number of benzene rings is 1. The quantitative estimate of drug-likeness (QED) is 0.931. The molecule has 0 aliphatic carbocycles. The largest absolute Gasteiger partial charge is 0.359 e. The Morgan fingerprint density at radius 3 is 2.74 bits per heavy atom. The van der Waals surface area contributed by atoms with Gasteiger partial charge in [0.2, 0.25) is 5.91 Å². The highest BCUT2D eigenvalue weighted by atomic mass is 35.5.